The Morgan fingerprint density at radius 2 is 0.577 bits per heavy atom. The first-order chi connectivity index (χ1) is 32.1. The van der Waals surface area contributed by atoms with E-state index in [1.54, 1.807) is 12.4 Å². The van der Waals surface area contributed by atoms with Crippen LogP contribution in [0.3, 0.4) is 0 Å². The van der Waals surface area contributed by atoms with E-state index in [-0.39, 0.29) is 0 Å². The van der Waals surface area contributed by atoms with E-state index in [4.69, 9.17) is 11.6 Å². The second-order valence-electron chi connectivity index (χ2n) is 15.2. The lowest BCUT2D eigenvalue weighted by atomic mass is 9.12. The molecule has 6 aromatic rings. The van der Waals surface area contributed by atoms with Crippen LogP contribution in [0.25, 0.3) is 0 Å². The molecule has 0 fully saturated rings. The molecule has 1 heterocycles. The lowest BCUT2D eigenvalue weighted by molar-refractivity contribution is -0.688. The van der Waals surface area contributed by atoms with Gasteiger partial charge in [-0.2, -0.15) is 132 Å². The van der Waals surface area contributed by atoms with Crippen LogP contribution in [-0.4, -0.2) is 11.1 Å². The highest BCUT2D eigenvalue weighted by atomic mass is 35.5. The zero-order chi connectivity index (χ0) is 53.7. The van der Waals surface area contributed by atoms with Crippen LogP contribution in [0.1, 0.15) is 50.1 Å². The maximum atomic E-state index is 14.2. The van der Waals surface area contributed by atoms with Crippen LogP contribution in [0.15, 0.2) is 122 Å². The quantitative estimate of drug-likeness (QED) is 0.0923. The van der Waals surface area contributed by atoms with Crippen LogP contribution < -0.4 is 26.4 Å². The Hall–Kier alpha value is -6.15. The number of halogens is 25. The molecule has 0 unspecified atom stereocenters. The molecule has 0 atom stereocenters. The molecule has 0 aliphatic rings. The molecule has 5 aromatic carbocycles. The summed E-state index contributed by atoms with van der Waals surface area (Å²) in [6.07, 6.45) is -47.4. The van der Waals surface area contributed by atoms with Crippen molar-refractivity contribution >= 4 is 39.6 Å². The number of aromatic nitrogens is 2. The molecular weight excluding hydrogens is 1050 g/mol. The Morgan fingerprint density at radius 3 is 0.789 bits per heavy atom. The lowest BCUT2D eigenvalue weighted by Crippen LogP contribution is -2.75. The van der Waals surface area contributed by atoms with Crippen molar-refractivity contribution in [3.63, 3.8) is 0 Å². The lowest BCUT2D eigenvalue weighted by Gasteiger charge is -2.46. The standard InChI is InChI=1S/C32H12BF24.C11H10ClN2/c34-25(35,36)13-1-14(26(37,38)39)6-21(5-13)33(22-7-15(27(40,41)42)2-16(8-22)28(43,44)45,23-9-17(29(46,47)48)3-18(10-23)30(49,50)51)24-11-19(31(52,53)54)4-20(12-24)32(55,56)57;12-11-4-2-1-3-10(11)9-14-7-5-13-6-8-14/h1-12H;1-8H,9H2/q-1;+1. The normalized spacial score (nSPS) is 13.5. The fraction of sp³-hybridized carbons (Fsp3) is 0.209. The third kappa shape index (κ3) is 13.0. The second kappa shape index (κ2) is 19.1. The largest absolute Gasteiger partial charge is 0.416 e. The summed E-state index contributed by atoms with van der Waals surface area (Å²) < 4.78 is 343. The van der Waals surface area contributed by atoms with Crippen molar-refractivity contribution in [2.45, 2.75) is 56.0 Å². The fourth-order valence-corrected chi connectivity index (χ4v) is 7.54. The van der Waals surface area contributed by atoms with Crippen molar-refractivity contribution in [1.82, 2.24) is 4.98 Å². The minimum Gasteiger partial charge on any atom is -0.252 e. The molecule has 0 radical (unpaired) electrons. The first-order valence-corrected chi connectivity index (χ1v) is 19.4. The summed E-state index contributed by atoms with van der Waals surface area (Å²) in [4.78, 5) is 3.96. The highest BCUT2D eigenvalue weighted by molar-refractivity contribution is 7.20. The molecule has 1 aromatic heterocycles. The molecule has 382 valence electrons. The summed E-state index contributed by atoms with van der Waals surface area (Å²) in [5.41, 5.74) is -29.1. The van der Waals surface area contributed by atoms with Crippen LogP contribution in [-0.2, 0) is 56.0 Å². The number of hydrogen-bond acceptors (Lipinski definition) is 1. The Bertz CT molecular complexity index is 2420. The molecule has 0 saturated heterocycles. The monoisotopic (exact) mass is 1070 g/mol. The van der Waals surface area contributed by atoms with Gasteiger partial charge in [0, 0.05) is 5.56 Å². The van der Waals surface area contributed by atoms with E-state index < -0.39 is 195 Å². The molecule has 0 bridgehead atoms. The van der Waals surface area contributed by atoms with E-state index in [9.17, 15) is 105 Å². The van der Waals surface area contributed by atoms with Gasteiger partial charge in [-0.1, -0.05) is 78.3 Å². The summed E-state index contributed by atoms with van der Waals surface area (Å²) in [6.45, 7) is 0.780. The van der Waals surface area contributed by atoms with Crippen LogP contribution in [0, 0.1) is 0 Å². The zero-order valence-electron chi connectivity index (χ0n) is 34.2. The van der Waals surface area contributed by atoms with Crippen LogP contribution in [0.2, 0.25) is 5.02 Å². The molecule has 0 amide bonds. The highest BCUT2D eigenvalue weighted by Gasteiger charge is 2.47. The van der Waals surface area contributed by atoms with Crippen molar-refractivity contribution in [2.75, 3.05) is 0 Å². The number of alkyl halides is 24. The summed E-state index contributed by atoms with van der Waals surface area (Å²) in [5, 5.41) is 0.803. The van der Waals surface area contributed by atoms with Gasteiger partial charge in [-0.25, -0.2) is 0 Å². The van der Waals surface area contributed by atoms with Crippen LogP contribution in [0.5, 0.6) is 0 Å². The number of hydrogen-bond donors (Lipinski definition) is 0. The van der Waals surface area contributed by atoms with Gasteiger partial charge in [0.25, 0.3) is 0 Å². The Balaban J connectivity index is 0.000000569. The molecule has 71 heavy (non-hydrogen) atoms. The molecule has 28 heteroatoms. The summed E-state index contributed by atoms with van der Waals surface area (Å²) in [5.74, 6) is 0. The van der Waals surface area contributed by atoms with Crippen molar-refractivity contribution in [3.05, 3.63) is 177 Å². The summed E-state index contributed by atoms with van der Waals surface area (Å²) in [7, 11) is 0. The summed E-state index contributed by atoms with van der Waals surface area (Å²) >= 11 is 6.05. The maximum Gasteiger partial charge on any atom is 0.416 e. The predicted octanol–water partition coefficient (Wildman–Crippen LogP) is 13.3. The van der Waals surface area contributed by atoms with Gasteiger partial charge in [0.1, 0.15) is 6.15 Å². The number of benzene rings is 5. The van der Waals surface area contributed by atoms with Gasteiger partial charge < -0.3 is 0 Å². The van der Waals surface area contributed by atoms with E-state index in [0.29, 0.717) is 0 Å². The van der Waals surface area contributed by atoms with Crippen molar-refractivity contribution in [1.29, 1.82) is 0 Å². The van der Waals surface area contributed by atoms with E-state index >= 15 is 0 Å². The molecule has 6 rings (SSSR count). The summed E-state index contributed by atoms with van der Waals surface area (Å²) in [6, 6.07) is -0.963. The minimum atomic E-state index is -6.13. The molecule has 0 aliphatic heterocycles. The molecule has 0 spiro atoms. The van der Waals surface area contributed by atoms with Gasteiger partial charge in [-0.15, -0.1) is 0 Å². The third-order valence-corrected chi connectivity index (χ3v) is 10.8. The second-order valence-corrected chi connectivity index (χ2v) is 15.6. The highest BCUT2D eigenvalue weighted by Crippen LogP contribution is 2.41. The van der Waals surface area contributed by atoms with E-state index in [2.05, 4.69) is 4.98 Å². The van der Waals surface area contributed by atoms with Crippen LogP contribution >= 0.6 is 11.6 Å². The molecule has 0 saturated carbocycles. The van der Waals surface area contributed by atoms with Gasteiger partial charge >= 0.3 is 49.4 Å². The van der Waals surface area contributed by atoms with E-state index in [1.165, 1.54) is 0 Å². The van der Waals surface area contributed by atoms with Crippen molar-refractivity contribution in [2.24, 2.45) is 0 Å². The minimum absolute atomic E-state index is 0.691. The van der Waals surface area contributed by atoms with Gasteiger partial charge in [-0.05, 0) is 30.3 Å². The number of nitrogens with zero attached hydrogens (tertiary/aromatic N) is 2. The van der Waals surface area contributed by atoms with Gasteiger partial charge in [0.15, 0.2) is 18.9 Å². The smallest absolute Gasteiger partial charge is 0.252 e. The molecule has 0 aliphatic carbocycles. The average molecular weight is 1070 g/mol. The maximum absolute atomic E-state index is 14.2. The Morgan fingerprint density at radius 1 is 0.352 bits per heavy atom. The Kier molecular flexibility index (Phi) is 15.0. The average Bonchev–Trinajstić information content (AvgIpc) is 3.22. The molecule has 0 N–H and O–H groups in total. The topological polar surface area (TPSA) is 16.8 Å². The van der Waals surface area contributed by atoms with Crippen molar-refractivity contribution in [3.8, 4) is 0 Å². The SMILES string of the molecule is Clc1ccccc1C[n+]1ccncc1.FC(F)(F)c1cc([B-](c2cc(C(F)(F)F)cc(C(F)(F)F)c2)(c2cc(C(F)(F)F)cc(C(F)(F)F)c2)c2cc(C(F)(F)F)cc(C(F)(F)F)c2)cc(C(F)(F)F)c1. The van der Waals surface area contributed by atoms with Gasteiger partial charge in [0.05, 0.1) is 61.9 Å². The molecule has 2 nitrogen and oxygen atoms in total. The number of rotatable bonds is 6. The van der Waals surface area contributed by atoms with E-state index in [0.717, 1.165) is 17.1 Å². The first kappa shape index (κ1) is 55.8. The zero-order valence-corrected chi connectivity index (χ0v) is 34.9. The third-order valence-electron chi connectivity index (χ3n) is 10.4. The fourth-order valence-electron chi connectivity index (χ4n) is 7.35. The van der Waals surface area contributed by atoms with Crippen molar-refractivity contribution < 1.29 is 110 Å². The van der Waals surface area contributed by atoms with Gasteiger partial charge in [-0.3, -0.25) is 4.98 Å². The predicted molar refractivity (Wildman–Crippen MR) is 205 cm³/mol. The first-order valence-electron chi connectivity index (χ1n) is 19.0. The van der Waals surface area contributed by atoms with Gasteiger partial charge in [0.2, 0.25) is 0 Å². The molecular formula is C43H22BClF24N2. The van der Waals surface area contributed by atoms with E-state index in [1.807, 2.05) is 41.2 Å². The Labute approximate surface area is 387 Å². The van der Waals surface area contributed by atoms with Crippen LogP contribution in [0.4, 0.5) is 105 Å².